The van der Waals surface area contributed by atoms with Crippen molar-refractivity contribution in [2.24, 2.45) is 7.05 Å². The van der Waals surface area contributed by atoms with Gasteiger partial charge in [0.15, 0.2) is 0 Å². The molecule has 0 atom stereocenters. The first-order chi connectivity index (χ1) is 10.1. The minimum Gasteiger partial charge on any atom is -0.379 e. The maximum Gasteiger partial charge on any atom is 0.255 e. The zero-order chi connectivity index (χ0) is 15.2. The van der Waals surface area contributed by atoms with Crippen LogP contribution in [0, 0.1) is 0 Å². The predicted octanol–water partition coefficient (Wildman–Crippen LogP) is 2.44. The minimum atomic E-state index is 0.0691. The molecule has 0 radical (unpaired) electrons. The van der Waals surface area contributed by atoms with E-state index in [1.54, 1.807) is 4.57 Å². The number of ether oxygens (including phenoxy) is 1. The lowest BCUT2D eigenvalue weighted by Gasteiger charge is -2.10. The van der Waals surface area contributed by atoms with Crippen LogP contribution in [0.1, 0.15) is 25.8 Å². The Morgan fingerprint density at radius 2 is 2.05 bits per heavy atom. The lowest BCUT2D eigenvalue weighted by Crippen LogP contribution is -2.26. The highest BCUT2D eigenvalue weighted by atomic mass is 16.5. The third kappa shape index (κ3) is 4.16. The second-order valence-electron chi connectivity index (χ2n) is 5.54. The quantitative estimate of drug-likeness (QED) is 0.796. The van der Waals surface area contributed by atoms with Crippen molar-refractivity contribution in [2.45, 2.75) is 32.9 Å². The third-order valence-electron chi connectivity index (χ3n) is 3.47. The number of para-hydroxylation sites is 1. The van der Waals surface area contributed by atoms with E-state index in [4.69, 9.17) is 4.74 Å². The van der Waals surface area contributed by atoms with E-state index in [1.165, 1.54) is 0 Å². The highest BCUT2D eigenvalue weighted by Crippen LogP contribution is 2.12. The molecule has 0 bridgehead atoms. The van der Waals surface area contributed by atoms with E-state index < -0.39 is 0 Å². The molecule has 0 aliphatic heterocycles. The second kappa shape index (κ2) is 7.38. The van der Waals surface area contributed by atoms with Crippen LogP contribution in [0.2, 0.25) is 0 Å². The molecule has 4 heteroatoms. The van der Waals surface area contributed by atoms with Gasteiger partial charge in [-0.3, -0.25) is 4.79 Å². The first kappa shape index (κ1) is 15.7. The summed E-state index contributed by atoms with van der Waals surface area (Å²) in [5.74, 6) is 0. The molecule has 21 heavy (non-hydrogen) atoms. The standard InChI is InChI=1S/C17H24N2O2/c1-13(2)21-10-6-9-18-12-15-11-14-7-4-5-8-16(14)19(3)17(15)20/h4-5,7-8,11,13,18H,6,9-10,12H2,1-3H3. The Morgan fingerprint density at radius 3 is 2.81 bits per heavy atom. The molecule has 0 unspecified atom stereocenters. The van der Waals surface area contributed by atoms with Crippen LogP contribution >= 0.6 is 0 Å². The van der Waals surface area contributed by atoms with Gasteiger partial charge < -0.3 is 14.6 Å². The Morgan fingerprint density at radius 1 is 1.29 bits per heavy atom. The molecule has 1 heterocycles. The van der Waals surface area contributed by atoms with Crippen LogP contribution in [0.5, 0.6) is 0 Å². The maximum absolute atomic E-state index is 12.3. The lowest BCUT2D eigenvalue weighted by molar-refractivity contribution is 0.0770. The molecule has 1 N–H and O–H groups in total. The van der Waals surface area contributed by atoms with Crippen molar-refractivity contribution in [1.82, 2.24) is 9.88 Å². The fourth-order valence-corrected chi connectivity index (χ4v) is 2.36. The molecule has 0 spiro atoms. The number of benzene rings is 1. The normalized spacial score (nSPS) is 11.4. The van der Waals surface area contributed by atoms with E-state index in [-0.39, 0.29) is 11.7 Å². The molecular weight excluding hydrogens is 264 g/mol. The molecule has 0 fully saturated rings. The molecule has 0 aliphatic rings. The van der Waals surface area contributed by atoms with Crippen molar-refractivity contribution >= 4 is 10.9 Å². The largest absolute Gasteiger partial charge is 0.379 e. The number of nitrogens with one attached hydrogen (secondary N) is 1. The maximum atomic E-state index is 12.3. The van der Waals surface area contributed by atoms with Gasteiger partial charge in [0.25, 0.3) is 5.56 Å². The van der Waals surface area contributed by atoms with Gasteiger partial charge in [-0.25, -0.2) is 0 Å². The van der Waals surface area contributed by atoms with Crippen molar-refractivity contribution in [1.29, 1.82) is 0 Å². The van der Waals surface area contributed by atoms with Crippen molar-refractivity contribution < 1.29 is 4.74 Å². The highest BCUT2D eigenvalue weighted by Gasteiger charge is 2.05. The molecule has 0 aliphatic carbocycles. The summed E-state index contributed by atoms with van der Waals surface area (Å²) < 4.78 is 7.21. The van der Waals surface area contributed by atoms with Crippen molar-refractivity contribution in [3.8, 4) is 0 Å². The van der Waals surface area contributed by atoms with E-state index in [9.17, 15) is 4.79 Å². The molecular formula is C17H24N2O2. The van der Waals surface area contributed by atoms with E-state index in [0.29, 0.717) is 6.54 Å². The molecule has 1 aromatic carbocycles. The van der Waals surface area contributed by atoms with E-state index in [0.717, 1.165) is 36.0 Å². The van der Waals surface area contributed by atoms with Crippen molar-refractivity contribution in [2.75, 3.05) is 13.2 Å². The molecule has 2 rings (SSSR count). The Kier molecular flexibility index (Phi) is 5.53. The zero-order valence-corrected chi connectivity index (χ0v) is 13.1. The third-order valence-corrected chi connectivity index (χ3v) is 3.47. The van der Waals surface area contributed by atoms with E-state index >= 15 is 0 Å². The molecule has 2 aromatic rings. The predicted molar refractivity (Wildman–Crippen MR) is 86.6 cm³/mol. The van der Waals surface area contributed by atoms with Crippen LogP contribution in [0.4, 0.5) is 0 Å². The Hall–Kier alpha value is -1.65. The van der Waals surface area contributed by atoms with Crippen LogP contribution in [0.3, 0.4) is 0 Å². The average Bonchev–Trinajstić information content (AvgIpc) is 2.47. The van der Waals surface area contributed by atoms with Gasteiger partial charge in [0.1, 0.15) is 0 Å². The summed E-state index contributed by atoms with van der Waals surface area (Å²) in [7, 11) is 1.82. The number of pyridine rings is 1. The summed E-state index contributed by atoms with van der Waals surface area (Å²) in [6, 6.07) is 9.93. The summed E-state index contributed by atoms with van der Waals surface area (Å²) in [6.45, 7) is 6.26. The van der Waals surface area contributed by atoms with Gasteiger partial charge in [-0.1, -0.05) is 18.2 Å². The fourth-order valence-electron chi connectivity index (χ4n) is 2.36. The molecule has 1 aromatic heterocycles. The van der Waals surface area contributed by atoms with Gasteiger partial charge in [0.2, 0.25) is 0 Å². The number of aryl methyl sites for hydroxylation is 1. The first-order valence-corrected chi connectivity index (χ1v) is 7.49. The second-order valence-corrected chi connectivity index (χ2v) is 5.54. The Balaban J connectivity index is 1.96. The minimum absolute atomic E-state index is 0.0691. The van der Waals surface area contributed by atoms with E-state index in [1.807, 2.05) is 51.2 Å². The zero-order valence-electron chi connectivity index (χ0n) is 13.1. The van der Waals surface area contributed by atoms with Gasteiger partial charge >= 0.3 is 0 Å². The van der Waals surface area contributed by atoms with Crippen molar-refractivity contribution in [3.63, 3.8) is 0 Å². The summed E-state index contributed by atoms with van der Waals surface area (Å²) in [6.07, 6.45) is 1.23. The number of fused-ring (bicyclic) bond motifs is 1. The first-order valence-electron chi connectivity index (χ1n) is 7.49. The Bertz CT molecular complexity index is 647. The van der Waals surface area contributed by atoms with Crippen LogP contribution in [0.25, 0.3) is 10.9 Å². The van der Waals surface area contributed by atoms with Crippen LogP contribution in [-0.2, 0) is 18.3 Å². The van der Waals surface area contributed by atoms with Crippen LogP contribution in [0.15, 0.2) is 35.1 Å². The average molecular weight is 288 g/mol. The monoisotopic (exact) mass is 288 g/mol. The molecule has 4 nitrogen and oxygen atoms in total. The smallest absolute Gasteiger partial charge is 0.255 e. The molecule has 114 valence electrons. The fraction of sp³-hybridized carbons (Fsp3) is 0.471. The van der Waals surface area contributed by atoms with E-state index in [2.05, 4.69) is 5.32 Å². The topological polar surface area (TPSA) is 43.3 Å². The summed E-state index contributed by atoms with van der Waals surface area (Å²) in [5, 5.41) is 4.41. The number of aromatic nitrogens is 1. The van der Waals surface area contributed by atoms with Gasteiger partial charge in [-0.15, -0.1) is 0 Å². The number of hydrogen-bond acceptors (Lipinski definition) is 3. The summed E-state index contributed by atoms with van der Waals surface area (Å²) >= 11 is 0. The van der Waals surface area contributed by atoms with Crippen molar-refractivity contribution in [3.05, 3.63) is 46.2 Å². The molecule has 0 saturated heterocycles. The summed E-state index contributed by atoms with van der Waals surface area (Å²) in [4.78, 5) is 12.3. The summed E-state index contributed by atoms with van der Waals surface area (Å²) in [5.41, 5.74) is 1.84. The Labute approximate surface area is 125 Å². The molecule has 0 amide bonds. The number of rotatable bonds is 7. The SMILES string of the molecule is CC(C)OCCCNCc1cc2ccccc2n(C)c1=O. The number of nitrogens with zero attached hydrogens (tertiary/aromatic N) is 1. The van der Waals surface area contributed by atoms with Gasteiger partial charge in [-0.05, 0) is 44.3 Å². The highest BCUT2D eigenvalue weighted by molar-refractivity contribution is 5.79. The lowest BCUT2D eigenvalue weighted by atomic mass is 10.1. The van der Waals surface area contributed by atoms with Crippen LogP contribution in [-0.4, -0.2) is 23.8 Å². The molecule has 0 saturated carbocycles. The van der Waals surface area contributed by atoms with Crippen LogP contribution < -0.4 is 10.9 Å². The van der Waals surface area contributed by atoms with Gasteiger partial charge in [0.05, 0.1) is 11.6 Å². The van der Waals surface area contributed by atoms with Gasteiger partial charge in [-0.2, -0.15) is 0 Å². The van der Waals surface area contributed by atoms with Gasteiger partial charge in [0, 0.05) is 25.8 Å². The number of hydrogen-bond donors (Lipinski definition) is 1.